The maximum absolute atomic E-state index is 12.0. The minimum absolute atomic E-state index is 0.0268. The topological polar surface area (TPSA) is 59.1 Å². The van der Waals surface area contributed by atoms with Crippen LogP contribution < -0.4 is 5.32 Å². The molecule has 0 bridgehead atoms. The first-order chi connectivity index (χ1) is 10.6. The Kier molecular flexibility index (Phi) is 4.69. The SMILES string of the molecule is CC(=O)c1cc(CC(=O)NCc2nc3c(s2)CCCC3)cs1. The largest absolute Gasteiger partial charge is 0.349 e. The fraction of sp³-hybridized carbons (Fsp3) is 0.438. The Bertz CT molecular complexity index is 679. The van der Waals surface area contributed by atoms with Crippen LogP contribution in [0.2, 0.25) is 0 Å². The Morgan fingerprint density at radius 2 is 2.14 bits per heavy atom. The van der Waals surface area contributed by atoms with Crippen molar-refractivity contribution in [2.24, 2.45) is 0 Å². The zero-order chi connectivity index (χ0) is 15.5. The van der Waals surface area contributed by atoms with Gasteiger partial charge in [0.05, 0.1) is 23.5 Å². The number of rotatable bonds is 5. The Morgan fingerprint density at radius 3 is 2.86 bits per heavy atom. The zero-order valence-corrected chi connectivity index (χ0v) is 14.1. The van der Waals surface area contributed by atoms with Crippen LogP contribution in [-0.4, -0.2) is 16.7 Å². The summed E-state index contributed by atoms with van der Waals surface area (Å²) in [5, 5.41) is 5.79. The van der Waals surface area contributed by atoms with Crippen molar-refractivity contribution in [3.8, 4) is 0 Å². The molecule has 0 fully saturated rings. The standard InChI is InChI=1S/C16H18N2O2S2/c1-10(19)14-6-11(9-21-14)7-15(20)17-8-16-18-12-4-2-3-5-13(12)22-16/h6,9H,2-5,7-8H2,1H3,(H,17,20). The monoisotopic (exact) mass is 334 g/mol. The molecular formula is C16H18N2O2S2. The average Bonchev–Trinajstić information content (AvgIpc) is 3.11. The van der Waals surface area contributed by atoms with Crippen LogP contribution in [0.1, 0.15) is 50.6 Å². The highest BCUT2D eigenvalue weighted by Gasteiger charge is 2.15. The summed E-state index contributed by atoms with van der Waals surface area (Å²) in [6.07, 6.45) is 4.98. The van der Waals surface area contributed by atoms with E-state index in [0.29, 0.717) is 17.8 Å². The van der Waals surface area contributed by atoms with Crippen molar-refractivity contribution in [1.29, 1.82) is 0 Å². The van der Waals surface area contributed by atoms with Gasteiger partial charge in [-0.2, -0.15) is 0 Å². The third kappa shape index (κ3) is 3.62. The number of carbonyl (C=O) groups is 2. The molecule has 0 atom stereocenters. The number of amides is 1. The van der Waals surface area contributed by atoms with Crippen molar-refractivity contribution in [1.82, 2.24) is 10.3 Å². The van der Waals surface area contributed by atoms with Crippen LogP contribution in [0.5, 0.6) is 0 Å². The third-order valence-corrected chi connectivity index (χ3v) is 5.93. The van der Waals surface area contributed by atoms with Crippen molar-refractivity contribution < 1.29 is 9.59 Å². The van der Waals surface area contributed by atoms with Gasteiger partial charge in [0.25, 0.3) is 0 Å². The summed E-state index contributed by atoms with van der Waals surface area (Å²) in [7, 11) is 0. The maximum atomic E-state index is 12.0. The molecule has 3 rings (SSSR count). The van der Waals surface area contributed by atoms with E-state index in [4.69, 9.17) is 0 Å². The lowest BCUT2D eigenvalue weighted by molar-refractivity contribution is -0.120. The summed E-state index contributed by atoms with van der Waals surface area (Å²) in [5.41, 5.74) is 2.12. The van der Waals surface area contributed by atoms with Gasteiger partial charge in [0.1, 0.15) is 5.01 Å². The second-order valence-electron chi connectivity index (χ2n) is 5.51. The highest BCUT2D eigenvalue weighted by molar-refractivity contribution is 7.12. The molecule has 6 heteroatoms. The molecule has 4 nitrogen and oxygen atoms in total. The van der Waals surface area contributed by atoms with E-state index in [2.05, 4.69) is 10.3 Å². The molecule has 2 aromatic rings. The number of carbonyl (C=O) groups excluding carboxylic acids is 2. The van der Waals surface area contributed by atoms with Crippen molar-refractivity contribution in [3.63, 3.8) is 0 Å². The Balaban J connectivity index is 1.53. The van der Waals surface area contributed by atoms with Crippen LogP contribution in [0.3, 0.4) is 0 Å². The quantitative estimate of drug-likeness (QED) is 0.855. The number of nitrogens with one attached hydrogen (secondary N) is 1. The van der Waals surface area contributed by atoms with Crippen LogP contribution in [0.15, 0.2) is 11.4 Å². The summed E-state index contributed by atoms with van der Waals surface area (Å²) >= 11 is 3.12. The molecule has 1 amide bonds. The molecule has 0 unspecified atom stereocenters. The van der Waals surface area contributed by atoms with Crippen LogP contribution >= 0.6 is 22.7 Å². The molecule has 0 aliphatic heterocycles. The van der Waals surface area contributed by atoms with Crippen LogP contribution in [0.25, 0.3) is 0 Å². The zero-order valence-electron chi connectivity index (χ0n) is 12.5. The number of aryl methyl sites for hydroxylation is 2. The Labute approximate surface area is 137 Å². The van der Waals surface area contributed by atoms with Gasteiger partial charge in [-0.3, -0.25) is 9.59 Å². The lowest BCUT2D eigenvalue weighted by Crippen LogP contribution is -2.24. The Morgan fingerprint density at radius 1 is 1.32 bits per heavy atom. The molecular weight excluding hydrogens is 316 g/mol. The number of fused-ring (bicyclic) bond motifs is 1. The summed E-state index contributed by atoms with van der Waals surface area (Å²) < 4.78 is 0. The first-order valence-corrected chi connectivity index (χ1v) is 9.14. The molecule has 0 saturated heterocycles. The first-order valence-electron chi connectivity index (χ1n) is 7.44. The van der Waals surface area contributed by atoms with Crippen molar-refractivity contribution in [2.75, 3.05) is 0 Å². The van der Waals surface area contributed by atoms with E-state index < -0.39 is 0 Å². The van der Waals surface area contributed by atoms with Gasteiger partial charge in [-0.15, -0.1) is 22.7 Å². The summed E-state index contributed by atoms with van der Waals surface area (Å²) in [6, 6.07) is 1.80. The molecule has 1 aliphatic carbocycles. The van der Waals surface area contributed by atoms with Crippen LogP contribution in [0.4, 0.5) is 0 Å². The van der Waals surface area contributed by atoms with Crippen molar-refractivity contribution in [2.45, 2.75) is 45.6 Å². The minimum Gasteiger partial charge on any atom is -0.349 e. The lowest BCUT2D eigenvalue weighted by Gasteiger charge is -2.06. The second-order valence-corrected chi connectivity index (χ2v) is 7.59. The van der Waals surface area contributed by atoms with Gasteiger partial charge in [0, 0.05) is 4.88 Å². The lowest BCUT2D eigenvalue weighted by atomic mass is 10.0. The molecule has 22 heavy (non-hydrogen) atoms. The average molecular weight is 334 g/mol. The van der Waals surface area contributed by atoms with E-state index in [1.165, 1.54) is 34.7 Å². The molecule has 2 aromatic heterocycles. The van der Waals surface area contributed by atoms with Gasteiger partial charge in [-0.25, -0.2) is 4.98 Å². The van der Waals surface area contributed by atoms with E-state index in [-0.39, 0.29) is 11.7 Å². The number of hydrogen-bond donors (Lipinski definition) is 1. The molecule has 0 aromatic carbocycles. The molecule has 0 spiro atoms. The molecule has 0 saturated carbocycles. The van der Waals surface area contributed by atoms with Crippen LogP contribution in [0, 0.1) is 0 Å². The predicted molar refractivity (Wildman–Crippen MR) is 88.6 cm³/mol. The van der Waals surface area contributed by atoms with E-state index in [9.17, 15) is 9.59 Å². The van der Waals surface area contributed by atoms with Crippen molar-refractivity contribution >= 4 is 34.4 Å². The third-order valence-electron chi connectivity index (χ3n) is 3.69. The molecule has 1 aliphatic rings. The van der Waals surface area contributed by atoms with E-state index in [1.807, 2.05) is 5.38 Å². The second kappa shape index (κ2) is 6.71. The molecule has 1 N–H and O–H groups in total. The van der Waals surface area contributed by atoms with Gasteiger partial charge in [0.15, 0.2) is 5.78 Å². The van der Waals surface area contributed by atoms with Crippen molar-refractivity contribution in [3.05, 3.63) is 37.5 Å². The van der Waals surface area contributed by atoms with Gasteiger partial charge in [-0.1, -0.05) is 0 Å². The van der Waals surface area contributed by atoms with Gasteiger partial charge in [0.2, 0.25) is 5.91 Å². The normalized spacial score (nSPS) is 13.7. The number of nitrogens with zero attached hydrogens (tertiary/aromatic N) is 1. The minimum atomic E-state index is -0.0268. The molecule has 2 heterocycles. The number of hydrogen-bond acceptors (Lipinski definition) is 5. The maximum Gasteiger partial charge on any atom is 0.224 e. The number of aromatic nitrogens is 1. The van der Waals surface area contributed by atoms with Gasteiger partial charge < -0.3 is 5.32 Å². The molecule has 116 valence electrons. The number of thiazole rings is 1. The van der Waals surface area contributed by atoms with E-state index in [0.717, 1.165) is 23.4 Å². The first kappa shape index (κ1) is 15.4. The number of ketones is 1. The van der Waals surface area contributed by atoms with Crippen LogP contribution in [-0.2, 0) is 30.6 Å². The predicted octanol–water partition coefficient (Wildman–Crippen LogP) is 3.14. The highest BCUT2D eigenvalue weighted by Crippen LogP contribution is 2.26. The van der Waals surface area contributed by atoms with Gasteiger partial charge in [-0.05, 0) is 49.6 Å². The summed E-state index contributed by atoms with van der Waals surface area (Å²) in [4.78, 5) is 30.0. The Hall–Kier alpha value is -1.53. The molecule has 0 radical (unpaired) electrons. The fourth-order valence-electron chi connectivity index (χ4n) is 2.56. The summed E-state index contributed by atoms with van der Waals surface area (Å²) in [6.45, 7) is 2.04. The van der Waals surface area contributed by atoms with E-state index in [1.54, 1.807) is 24.3 Å². The van der Waals surface area contributed by atoms with E-state index >= 15 is 0 Å². The number of Topliss-reactive ketones (excluding diaryl/α,β-unsaturated/α-hetero) is 1. The smallest absolute Gasteiger partial charge is 0.224 e. The number of thiophene rings is 1. The highest BCUT2D eigenvalue weighted by atomic mass is 32.1. The summed E-state index contributed by atoms with van der Waals surface area (Å²) in [5.74, 6) is 0.0195. The fourth-order valence-corrected chi connectivity index (χ4v) is 4.47. The van der Waals surface area contributed by atoms with Gasteiger partial charge >= 0.3 is 0 Å².